The topological polar surface area (TPSA) is 111 Å². The lowest BCUT2D eigenvalue weighted by Crippen LogP contribution is -2.32. The van der Waals surface area contributed by atoms with Gasteiger partial charge in [0.15, 0.2) is 11.5 Å². The van der Waals surface area contributed by atoms with Crippen LogP contribution in [0.2, 0.25) is 0 Å². The van der Waals surface area contributed by atoms with Gasteiger partial charge < -0.3 is 24.2 Å². The maximum absolute atomic E-state index is 12.8. The third kappa shape index (κ3) is 3.12. The average molecular weight is 394 g/mol. The van der Waals surface area contributed by atoms with Crippen molar-refractivity contribution in [2.24, 2.45) is 5.10 Å². The van der Waals surface area contributed by atoms with Crippen LogP contribution in [0.25, 0.3) is 21.9 Å². The summed E-state index contributed by atoms with van der Waals surface area (Å²) in [7, 11) is 4.62. The molecule has 4 rings (SSSR count). The van der Waals surface area contributed by atoms with Gasteiger partial charge in [0, 0.05) is 11.5 Å². The van der Waals surface area contributed by atoms with E-state index in [4.69, 9.17) is 14.2 Å². The lowest BCUT2D eigenvalue weighted by molar-refractivity contribution is 0.355. The van der Waals surface area contributed by atoms with E-state index in [-0.39, 0.29) is 5.52 Å². The molecule has 2 N–H and O–H groups in total. The first kappa shape index (κ1) is 18.4. The van der Waals surface area contributed by atoms with E-state index in [1.54, 1.807) is 43.5 Å². The summed E-state index contributed by atoms with van der Waals surface area (Å²) in [5.74, 6) is 1.71. The molecule has 2 aromatic heterocycles. The molecule has 0 aliphatic heterocycles. The van der Waals surface area contributed by atoms with Crippen LogP contribution in [0, 0.1) is 0 Å². The molecule has 148 valence electrons. The van der Waals surface area contributed by atoms with Crippen LogP contribution in [-0.4, -0.2) is 42.2 Å². The largest absolute Gasteiger partial charge is 0.497 e. The highest BCUT2D eigenvalue weighted by atomic mass is 16.5. The fraction of sp³-hybridized carbons (Fsp3) is 0.150. The fourth-order valence-corrected chi connectivity index (χ4v) is 3.11. The molecular formula is C20H18N4O5. The number of benzene rings is 2. The first-order valence-corrected chi connectivity index (χ1v) is 8.67. The molecule has 0 spiro atoms. The monoisotopic (exact) mass is 394 g/mol. The highest BCUT2D eigenvalue weighted by Gasteiger charge is 2.13. The van der Waals surface area contributed by atoms with E-state index >= 15 is 0 Å². The average Bonchev–Trinajstić information content (AvgIpc) is 3.11. The molecule has 0 fully saturated rings. The Bertz CT molecular complexity index is 1360. The molecule has 0 radical (unpaired) electrons. The Labute approximate surface area is 164 Å². The van der Waals surface area contributed by atoms with Gasteiger partial charge in [0.05, 0.1) is 38.6 Å². The smallest absolute Gasteiger partial charge is 0.350 e. The highest BCUT2D eigenvalue weighted by Crippen LogP contribution is 2.27. The summed E-state index contributed by atoms with van der Waals surface area (Å²) >= 11 is 0. The Hall–Kier alpha value is -4.01. The van der Waals surface area contributed by atoms with Crippen LogP contribution in [-0.2, 0) is 0 Å². The molecule has 2 heterocycles. The third-order valence-corrected chi connectivity index (χ3v) is 4.57. The summed E-state index contributed by atoms with van der Waals surface area (Å²) in [4.78, 5) is 31.1. The van der Waals surface area contributed by atoms with E-state index in [1.807, 2.05) is 0 Å². The van der Waals surface area contributed by atoms with Gasteiger partial charge in [-0.2, -0.15) is 5.10 Å². The van der Waals surface area contributed by atoms with Crippen molar-refractivity contribution >= 4 is 28.2 Å². The molecule has 0 aliphatic rings. The van der Waals surface area contributed by atoms with E-state index in [2.05, 4.69) is 15.1 Å². The lowest BCUT2D eigenvalue weighted by atomic mass is 10.2. The van der Waals surface area contributed by atoms with Crippen LogP contribution in [0.1, 0.15) is 5.56 Å². The fourth-order valence-electron chi connectivity index (χ4n) is 3.11. The minimum atomic E-state index is -0.643. The number of hydrogen-bond donors (Lipinski definition) is 2. The number of hydrogen-bond acceptors (Lipinski definition) is 6. The molecule has 9 heteroatoms. The normalized spacial score (nSPS) is 11.4. The van der Waals surface area contributed by atoms with Crippen LogP contribution >= 0.6 is 0 Å². The van der Waals surface area contributed by atoms with Crippen molar-refractivity contribution in [3.8, 4) is 17.2 Å². The number of nitrogens with zero attached hydrogens (tertiary/aromatic N) is 2. The van der Waals surface area contributed by atoms with Gasteiger partial charge in [0.25, 0.3) is 0 Å². The second kappa shape index (κ2) is 7.19. The first-order chi connectivity index (χ1) is 14.0. The SMILES string of the molecule is COc1ccc2c(c1)[nH]c1c(=O)n(/N=C/c3ccc(OC)c(OC)c3)c(=O)[nH]c12. The Morgan fingerprint density at radius 1 is 0.897 bits per heavy atom. The molecule has 0 saturated carbocycles. The van der Waals surface area contributed by atoms with Crippen LogP contribution in [0.4, 0.5) is 0 Å². The molecule has 9 nitrogen and oxygen atoms in total. The van der Waals surface area contributed by atoms with E-state index < -0.39 is 11.2 Å². The van der Waals surface area contributed by atoms with Crippen LogP contribution in [0.5, 0.6) is 17.2 Å². The standard InChI is InChI=1S/C20H18N4O5/c1-27-12-5-6-13-14(9-12)22-18-17(13)23-20(26)24(19(18)25)21-10-11-4-7-15(28-2)16(8-11)29-3/h4-10,22H,1-3H3,(H,23,26)/b21-10+. The van der Waals surface area contributed by atoms with Crippen molar-refractivity contribution < 1.29 is 14.2 Å². The van der Waals surface area contributed by atoms with Gasteiger partial charge in [-0.05, 0) is 35.9 Å². The minimum absolute atomic E-state index is 0.248. The Balaban J connectivity index is 1.82. The van der Waals surface area contributed by atoms with Crippen molar-refractivity contribution in [3.63, 3.8) is 0 Å². The van der Waals surface area contributed by atoms with Gasteiger partial charge in [0.2, 0.25) is 0 Å². The summed E-state index contributed by atoms with van der Waals surface area (Å²) in [6, 6.07) is 10.4. The van der Waals surface area contributed by atoms with Gasteiger partial charge in [-0.15, -0.1) is 4.68 Å². The lowest BCUT2D eigenvalue weighted by Gasteiger charge is -2.07. The summed E-state index contributed by atoms with van der Waals surface area (Å²) in [5.41, 5.74) is 0.781. The molecule has 0 atom stereocenters. The number of rotatable bonds is 5. The van der Waals surface area contributed by atoms with Gasteiger partial charge in [-0.1, -0.05) is 0 Å². The molecule has 2 aromatic carbocycles. The van der Waals surface area contributed by atoms with E-state index in [0.29, 0.717) is 39.2 Å². The summed E-state index contributed by atoms with van der Waals surface area (Å²) in [6.07, 6.45) is 1.40. The Kier molecular flexibility index (Phi) is 4.55. The van der Waals surface area contributed by atoms with E-state index in [0.717, 1.165) is 4.68 Å². The molecule has 29 heavy (non-hydrogen) atoms. The zero-order chi connectivity index (χ0) is 20.5. The summed E-state index contributed by atoms with van der Waals surface area (Å²) in [6.45, 7) is 0. The summed E-state index contributed by atoms with van der Waals surface area (Å²) in [5, 5.41) is 4.77. The number of methoxy groups -OCH3 is 3. The van der Waals surface area contributed by atoms with E-state index in [1.165, 1.54) is 20.4 Å². The molecule has 0 unspecified atom stereocenters. The quantitative estimate of drug-likeness (QED) is 0.504. The molecule has 4 aromatic rings. The number of H-pyrrole nitrogens is 2. The van der Waals surface area contributed by atoms with Gasteiger partial charge in [0.1, 0.15) is 11.3 Å². The molecule has 0 amide bonds. The number of aromatic amines is 2. The number of ether oxygens (including phenoxy) is 3. The van der Waals surface area contributed by atoms with Crippen LogP contribution in [0.15, 0.2) is 51.1 Å². The van der Waals surface area contributed by atoms with Gasteiger partial charge >= 0.3 is 11.2 Å². The van der Waals surface area contributed by atoms with Gasteiger partial charge in [-0.25, -0.2) is 4.79 Å². The van der Waals surface area contributed by atoms with Crippen LogP contribution in [0.3, 0.4) is 0 Å². The maximum atomic E-state index is 12.8. The van der Waals surface area contributed by atoms with Crippen molar-refractivity contribution in [2.45, 2.75) is 0 Å². The van der Waals surface area contributed by atoms with E-state index in [9.17, 15) is 9.59 Å². The van der Waals surface area contributed by atoms with Gasteiger partial charge in [-0.3, -0.25) is 4.79 Å². The zero-order valence-corrected chi connectivity index (χ0v) is 16.0. The Morgan fingerprint density at radius 2 is 1.69 bits per heavy atom. The second-order valence-corrected chi connectivity index (χ2v) is 6.19. The molecule has 0 saturated heterocycles. The van der Waals surface area contributed by atoms with Crippen molar-refractivity contribution in [2.75, 3.05) is 21.3 Å². The second-order valence-electron chi connectivity index (χ2n) is 6.19. The molecule has 0 aliphatic carbocycles. The molecule has 0 bridgehead atoms. The summed E-state index contributed by atoms with van der Waals surface area (Å²) < 4.78 is 16.4. The molecular weight excluding hydrogens is 376 g/mol. The van der Waals surface area contributed by atoms with Crippen molar-refractivity contribution in [3.05, 3.63) is 62.8 Å². The van der Waals surface area contributed by atoms with Crippen molar-refractivity contribution in [1.29, 1.82) is 0 Å². The third-order valence-electron chi connectivity index (χ3n) is 4.57. The zero-order valence-electron chi connectivity index (χ0n) is 16.0. The maximum Gasteiger partial charge on any atom is 0.350 e. The predicted molar refractivity (Wildman–Crippen MR) is 110 cm³/mol. The first-order valence-electron chi connectivity index (χ1n) is 8.67. The Morgan fingerprint density at radius 3 is 2.41 bits per heavy atom. The number of aromatic nitrogens is 3. The number of fused-ring (bicyclic) bond motifs is 3. The van der Waals surface area contributed by atoms with Crippen LogP contribution < -0.4 is 25.5 Å². The minimum Gasteiger partial charge on any atom is -0.497 e. The number of nitrogens with one attached hydrogen (secondary N) is 2. The van der Waals surface area contributed by atoms with Crippen molar-refractivity contribution in [1.82, 2.24) is 14.6 Å². The highest BCUT2D eigenvalue weighted by molar-refractivity contribution is 6.04. The predicted octanol–water partition coefficient (Wildman–Crippen LogP) is 2.08.